The third-order valence-corrected chi connectivity index (χ3v) is 2.72. The number of rotatable bonds is 5. The topological polar surface area (TPSA) is 26.3 Å². The number of benzene rings is 1. The van der Waals surface area contributed by atoms with Crippen LogP contribution in [0.4, 0.5) is 0 Å². The van der Waals surface area contributed by atoms with E-state index in [-0.39, 0.29) is 11.7 Å². The number of Topliss-reactive ketones (excluding diaryl/α,β-unsaturated/α-hetero) is 1. The van der Waals surface area contributed by atoms with Crippen LogP contribution < -0.4 is 4.74 Å². The molecule has 0 saturated carbocycles. The number of ether oxygens (including phenoxy) is 1. The van der Waals surface area contributed by atoms with Crippen LogP contribution in [0.1, 0.15) is 25.8 Å². The highest BCUT2D eigenvalue weighted by molar-refractivity contribution is 5.83. The third-order valence-electron chi connectivity index (χ3n) is 2.72. The zero-order valence-electron chi connectivity index (χ0n) is 9.62. The average molecular weight is 206 g/mol. The lowest BCUT2D eigenvalue weighted by atomic mass is 9.97. The average Bonchev–Trinajstić information content (AvgIpc) is 2.28. The summed E-state index contributed by atoms with van der Waals surface area (Å²) in [4.78, 5) is 11.8. The van der Waals surface area contributed by atoms with Gasteiger partial charge in [0, 0.05) is 17.9 Å². The first-order valence-electron chi connectivity index (χ1n) is 5.33. The lowest BCUT2D eigenvalue weighted by molar-refractivity contribution is -0.121. The SMILES string of the molecule is CCC(C)C(=O)Cc1ccccc1OC. The van der Waals surface area contributed by atoms with E-state index in [0.717, 1.165) is 17.7 Å². The largest absolute Gasteiger partial charge is 0.496 e. The number of para-hydroxylation sites is 1. The minimum atomic E-state index is 0.134. The van der Waals surface area contributed by atoms with E-state index in [1.165, 1.54) is 0 Å². The zero-order valence-corrected chi connectivity index (χ0v) is 9.62. The van der Waals surface area contributed by atoms with E-state index in [9.17, 15) is 4.79 Å². The highest BCUT2D eigenvalue weighted by Gasteiger charge is 2.13. The van der Waals surface area contributed by atoms with Gasteiger partial charge in [0.05, 0.1) is 7.11 Å². The van der Waals surface area contributed by atoms with Crippen LogP contribution in [0.15, 0.2) is 24.3 Å². The molecule has 1 atom stereocenters. The fraction of sp³-hybridized carbons (Fsp3) is 0.462. The Morgan fingerprint density at radius 2 is 2.07 bits per heavy atom. The minimum Gasteiger partial charge on any atom is -0.496 e. The Morgan fingerprint density at radius 3 is 2.67 bits per heavy atom. The van der Waals surface area contributed by atoms with Crippen molar-refractivity contribution >= 4 is 5.78 Å². The van der Waals surface area contributed by atoms with E-state index in [4.69, 9.17) is 4.74 Å². The molecule has 0 radical (unpaired) electrons. The summed E-state index contributed by atoms with van der Waals surface area (Å²) < 4.78 is 5.21. The Balaban J connectivity index is 2.76. The Hall–Kier alpha value is -1.31. The first-order chi connectivity index (χ1) is 7.19. The van der Waals surface area contributed by atoms with Gasteiger partial charge >= 0.3 is 0 Å². The van der Waals surface area contributed by atoms with Crippen LogP contribution in [0.3, 0.4) is 0 Å². The molecule has 82 valence electrons. The van der Waals surface area contributed by atoms with E-state index in [1.54, 1.807) is 7.11 Å². The molecule has 0 aliphatic carbocycles. The van der Waals surface area contributed by atoms with Crippen molar-refractivity contribution in [3.63, 3.8) is 0 Å². The van der Waals surface area contributed by atoms with Crippen molar-refractivity contribution < 1.29 is 9.53 Å². The van der Waals surface area contributed by atoms with Gasteiger partial charge < -0.3 is 4.74 Å². The molecule has 0 N–H and O–H groups in total. The van der Waals surface area contributed by atoms with Gasteiger partial charge in [0.15, 0.2) is 0 Å². The van der Waals surface area contributed by atoms with Gasteiger partial charge in [-0.05, 0) is 12.5 Å². The van der Waals surface area contributed by atoms with Crippen molar-refractivity contribution in [2.24, 2.45) is 5.92 Å². The van der Waals surface area contributed by atoms with E-state index >= 15 is 0 Å². The van der Waals surface area contributed by atoms with Crippen molar-refractivity contribution in [2.75, 3.05) is 7.11 Å². The quantitative estimate of drug-likeness (QED) is 0.740. The normalized spacial score (nSPS) is 12.2. The third kappa shape index (κ3) is 3.08. The van der Waals surface area contributed by atoms with Gasteiger partial charge in [-0.2, -0.15) is 0 Å². The molecule has 0 bridgehead atoms. The van der Waals surface area contributed by atoms with Crippen LogP contribution in [0.25, 0.3) is 0 Å². The standard InChI is InChI=1S/C13H18O2/c1-4-10(2)12(14)9-11-7-5-6-8-13(11)15-3/h5-8,10H,4,9H2,1-3H3. The highest BCUT2D eigenvalue weighted by Crippen LogP contribution is 2.19. The van der Waals surface area contributed by atoms with Crippen molar-refractivity contribution in [2.45, 2.75) is 26.7 Å². The molecule has 0 fully saturated rings. The summed E-state index contributed by atoms with van der Waals surface area (Å²) in [6.07, 6.45) is 1.37. The summed E-state index contributed by atoms with van der Waals surface area (Å²) >= 11 is 0. The summed E-state index contributed by atoms with van der Waals surface area (Å²) in [7, 11) is 1.63. The van der Waals surface area contributed by atoms with Crippen LogP contribution in [0.5, 0.6) is 5.75 Å². The van der Waals surface area contributed by atoms with Gasteiger partial charge in [0.2, 0.25) is 0 Å². The number of ketones is 1. The summed E-state index contributed by atoms with van der Waals surface area (Å²) in [5, 5.41) is 0. The predicted molar refractivity (Wildman–Crippen MR) is 61.2 cm³/mol. The minimum absolute atomic E-state index is 0.134. The van der Waals surface area contributed by atoms with Crippen molar-refractivity contribution in [3.05, 3.63) is 29.8 Å². The Labute approximate surface area is 91.3 Å². The molecule has 0 saturated heterocycles. The number of carbonyl (C=O) groups is 1. The molecule has 2 heteroatoms. The molecule has 2 nitrogen and oxygen atoms in total. The van der Waals surface area contributed by atoms with Crippen molar-refractivity contribution in [3.8, 4) is 5.75 Å². The van der Waals surface area contributed by atoms with E-state index in [0.29, 0.717) is 6.42 Å². The molecule has 1 unspecified atom stereocenters. The molecular formula is C13H18O2. The van der Waals surface area contributed by atoms with Gasteiger partial charge in [-0.1, -0.05) is 32.0 Å². The summed E-state index contributed by atoms with van der Waals surface area (Å²) in [6.45, 7) is 4.00. The zero-order chi connectivity index (χ0) is 11.3. The first kappa shape index (κ1) is 11.8. The maximum Gasteiger partial charge on any atom is 0.140 e. The summed E-state index contributed by atoms with van der Waals surface area (Å²) in [5.74, 6) is 1.21. The van der Waals surface area contributed by atoms with E-state index in [2.05, 4.69) is 0 Å². The van der Waals surface area contributed by atoms with Gasteiger partial charge in [0.1, 0.15) is 11.5 Å². The van der Waals surface area contributed by atoms with Crippen molar-refractivity contribution in [1.29, 1.82) is 0 Å². The van der Waals surface area contributed by atoms with Gasteiger partial charge in [-0.15, -0.1) is 0 Å². The molecule has 15 heavy (non-hydrogen) atoms. The lowest BCUT2D eigenvalue weighted by Gasteiger charge is -2.10. The van der Waals surface area contributed by atoms with Crippen LogP contribution in [-0.4, -0.2) is 12.9 Å². The molecule has 0 heterocycles. The molecule has 0 aromatic heterocycles. The second-order valence-corrected chi connectivity index (χ2v) is 3.76. The van der Waals surface area contributed by atoms with Gasteiger partial charge in [0.25, 0.3) is 0 Å². The maximum absolute atomic E-state index is 11.8. The molecular weight excluding hydrogens is 188 g/mol. The lowest BCUT2D eigenvalue weighted by Crippen LogP contribution is -2.13. The molecule has 0 aliphatic heterocycles. The fourth-order valence-corrected chi connectivity index (χ4v) is 1.44. The molecule has 1 aromatic carbocycles. The van der Waals surface area contributed by atoms with Crippen LogP contribution in [-0.2, 0) is 11.2 Å². The number of hydrogen-bond acceptors (Lipinski definition) is 2. The maximum atomic E-state index is 11.8. The molecule has 0 amide bonds. The molecule has 1 rings (SSSR count). The first-order valence-corrected chi connectivity index (χ1v) is 5.33. The van der Waals surface area contributed by atoms with E-state index in [1.807, 2.05) is 38.1 Å². The smallest absolute Gasteiger partial charge is 0.140 e. The summed E-state index contributed by atoms with van der Waals surface area (Å²) in [5.41, 5.74) is 0.977. The summed E-state index contributed by atoms with van der Waals surface area (Å²) in [6, 6.07) is 7.68. The second-order valence-electron chi connectivity index (χ2n) is 3.76. The Morgan fingerprint density at radius 1 is 1.40 bits per heavy atom. The van der Waals surface area contributed by atoms with Gasteiger partial charge in [-0.25, -0.2) is 0 Å². The molecule has 0 aliphatic rings. The molecule has 0 spiro atoms. The fourth-order valence-electron chi connectivity index (χ4n) is 1.44. The number of methoxy groups -OCH3 is 1. The van der Waals surface area contributed by atoms with Crippen LogP contribution in [0.2, 0.25) is 0 Å². The Kier molecular flexibility index (Phi) is 4.35. The van der Waals surface area contributed by atoms with Crippen molar-refractivity contribution in [1.82, 2.24) is 0 Å². The highest BCUT2D eigenvalue weighted by atomic mass is 16.5. The predicted octanol–water partition coefficient (Wildman–Crippen LogP) is 2.85. The van der Waals surface area contributed by atoms with Crippen LogP contribution >= 0.6 is 0 Å². The van der Waals surface area contributed by atoms with Crippen LogP contribution in [0, 0.1) is 5.92 Å². The molecule has 1 aromatic rings. The van der Waals surface area contributed by atoms with E-state index < -0.39 is 0 Å². The second kappa shape index (κ2) is 5.54. The number of hydrogen-bond donors (Lipinski definition) is 0. The number of carbonyl (C=O) groups excluding carboxylic acids is 1. The van der Waals surface area contributed by atoms with Gasteiger partial charge in [-0.3, -0.25) is 4.79 Å². The Bertz CT molecular complexity index is 331. The monoisotopic (exact) mass is 206 g/mol.